The average Bonchev–Trinajstić information content (AvgIpc) is 2.28. The van der Waals surface area contributed by atoms with Gasteiger partial charge < -0.3 is 0 Å². The normalized spacial score (nSPS) is 10.4. The maximum absolute atomic E-state index is 13.1. The number of nitrogens with zero attached hydrogens (tertiary/aromatic N) is 2. The molecule has 2 aromatic rings. The number of hydrogen-bond donors (Lipinski definition) is 1. The Balaban J connectivity index is 2.51. The molecule has 82 valence electrons. The van der Waals surface area contributed by atoms with Crippen LogP contribution in [0.4, 0.5) is 4.39 Å². The first-order chi connectivity index (χ1) is 7.69. The van der Waals surface area contributed by atoms with Gasteiger partial charge in [0.15, 0.2) is 0 Å². The van der Waals surface area contributed by atoms with Gasteiger partial charge in [-0.25, -0.2) is 14.4 Å². The highest BCUT2D eigenvalue weighted by molar-refractivity contribution is 7.79. The standard InChI is InChI=1S/C12H11FN2S/c1-8-5-11(15-12(7-16)14-8)9-3-2-4-10(13)6-9/h2-6,16H,7H2,1H3. The van der Waals surface area contributed by atoms with Gasteiger partial charge >= 0.3 is 0 Å². The molecule has 0 unspecified atom stereocenters. The van der Waals surface area contributed by atoms with Gasteiger partial charge in [0.2, 0.25) is 0 Å². The Bertz CT molecular complexity index is 514. The lowest BCUT2D eigenvalue weighted by molar-refractivity contribution is 0.628. The molecule has 0 amide bonds. The monoisotopic (exact) mass is 234 g/mol. The molecule has 0 bridgehead atoms. The van der Waals surface area contributed by atoms with Crippen LogP contribution in [0.15, 0.2) is 30.3 Å². The number of rotatable bonds is 2. The van der Waals surface area contributed by atoms with Crippen molar-refractivity contribution in [3.8, 4) is 11.3 Å². The van der Waals surface area contributed by atoms with Crippen LogP contribution in [0.3, 0.4) is 0 Å². The molecule has 2 rings (SSSR count). The van der Waals surface area contributed by atoms with Crippen LogP contribution in [-0.2, 0) is 5.75 Å². The Morgan fingerprint density at radius 2 is 2.06 bits per heavy atom. The van der Waals surface area contributed by atoms with Crippen molar-refractivity contribution in [2.75, 3.05) is 0 Å². The summed E-state index contributed by atoms with van der Waals surface area (Å²) in [4.78, 5) is 8.53. The largest absolute Gasteiger partial charge is 0.237 e. The molecule has 0 fully saturated rings. The molecule has 0 spiro atoms. The summed E-state index contributed by atoms with van der Waals surface area (Å²) in [6.45, 7) is 1.89. The minimum Gasteiger partial charge on any atom is -0.237 e. The molecule has 1 aromatic heterocycles. The van der Waals surface area contributed by atoms with Crippen LogP contribution in [-0.4, -0.2) is 9.97 Å². The van der Waals surface area contributed by atoms with E-state index in [-0.39, 0.29) is 5.82 Å². The fourth-order valence-corrected chi connectivity index (χ4v) is 1.64. The quantitative estimate of drug-likeness (QED) is 0.808. The van der Waals surface area contributed by atoms with Crippen molar-refractivity contribution in [3.63, 3.8) is 0 Å². The summed E-state index contributed by atoms with van der Waals surface area (Å²) in [7, 11) is 0. The van der Waals surface area contributed by atoms with Gasteiger partial charge in [-0.1, -0.05) is 12.1 Å². The van der Waals surface area contributed by atoms with Crippen molar-refractivity contribution in [3.05, 3.63) is 47.7 Å². The zero-order valence-electron chi connectivity index (χ0n) is 8.81. The van der Waals surface area contributed by atoms with E-state index in [4.69, 9.17) is 0 Å². The Morgan fingerprint density at radius 1 is 1.25 bits per heavy atom. The van der Waals surface area contributed by atoms with Crippen molar-refractivity contribution in [2.24, 2.45) is 0 Å². The van der Waals surface area contributed by atoms with E-state index < -0.39 is 0 Å². The number of aryl methyl sites for hydroxylation is 1. The molecule has 1 heterocycles. The summed E-state index contributed by atoms with van der Waals surface area (Å²) in [5.74, 6) is 0.869. The highest BCUT2D eigenvalue weighted by Crippen LogP contribution is 2.19. The SMILES string of the molecule is Cc1cc(-c2cccc(F)c2)nc(CS)n1. The van der Waals surface area contributed by atoms with E-state index in [2.05, 4.69) is 22.6 Å². The summed E-state index contributed by atoms with van der Waals surface area (Å²) >= 11 is 4.14. The van der Waals surface area contributed by atoms with Crippen molar-refractivity contribution >= 4 is 12.6 Å². The maximum Gasteiger partial charge on any atom is 0.138 e. The van der Waals surface area contributed by atoms with E-state index in [1.54, 1.807) is 6.07 Å². The summed E-state index contributed by atoms with van der Waals surface area (Å²) in [5.41, 5.74) is 2.35. The predicted octanol–water partition coefficient (Wildman–Crippen LogP) is 3.02. The van der Waals surface area contributed by atoms with E-state index in [1.807, 2.05) is 19.1 Å². The molecule has 0 saturated carbocycles. The fourth-order valence-electron chi connectivity index (χ4n) is 1.50. The van der Waals surface area contributed by atoms with Gasteiger partial charge in [0.05, 0.1) is 11.4 Å². The minimum absolute atomic E-state index is 0.263. The zero-order valence-corrected chi connectivity index (χ0v) is 9.71. The van der Waals surface area contributed by atoms with Crippen molar-refractivity contribution in [2.45, 2.75) is 12.7 Å². The number of thiol groups is 1. The highest BCUT2D eigenvalue weighted by atomic mass is 32.1. The predicted molar refractivity (Wildman–Crippen MR) is 64.9 cm³/mol. The third kappa shape index (κ3) is 2.39. The van der Waals surface area contributed by atoms with Gasteiger partial charge in [-0.3, -0.25) is 0 Å². The minimum atomic E-state index is -0.263. The highest BCUT2D eigenvalue weighted by Gasteiger charge is 2.04. The molecule has 1 aromatic carbocycles. The molecule has 0 saturated heterocycles. The topological polar surface area (TPSA) is 25.8 Å². The van der Waals surface area contributed by atoms with Crippen LogP contribution in [0, 0.1) is 12.7 Å². The second kappa shape index (κ2) is 4.61. The smallest absolute Gasteiger partial charge is 0.138 e. The zero-order chi connectivity index (χ0) is 11.5. The van der Waals surface area contributed by atoms with Crippen molar-refractivity contribution in [1.29, 1.82) is 0 Å². The van der Waals surface area contributed by atoms with E-state index in [1.165, 1.54) is 12.1 Å². The third-order valence-corrected chi connectivity index (χ3v) is 2.45. The van der Waals surface area contributed by atoms with E-state index in [0.29, 0.717) is 11.6 Å². The Labute approximate surface area is 99.0 Å². The van der Waals surface area contributed by atoms with Crippen molar-refractivity contribution < 1.29 is 4.39 Å². The molecule has 0 N–H and O–H groups in total. The summed E-state index contributed by atoms with van der Waals surface area (Å²) < 4.78 is 13.1. The maximum atomic E-state index is 13.1. The van der Waals surface area contributed by atoms with Gasteiger partial charge in [0.1, 0.15) is 11.6 Å². The fraction of sp³-hybridized carbons (Fsp3) is 0.167. The first-order valence-corrected chi connectivity index (χ1v) is 5.53. The molecule has 2 nitrogen and oxygen atoms in total. The van der Waals surface area contributed by atoms with Crippen LogP contribution in [0.2, 0.25) is 0 Å². The molecule has 0 aliphatic rings. The molecule has 16 heavy (non-hydrogen) atoms. The van der Waals surface area contributed by atoms with Gasteiger partial charge in [0.25, 0.3) is 0 Å². The third-order valence-electron chi connectivity index (χ3n) is 2.16. The molecule has 0 aliphatic carbocycles. The summed E-state index contributed by atoms with van der Waals surface area (Å²) in [6, 6.07) is 8.21. The Hall–Kier alpha value is -1.42. The van der Waals surface area contributed by atoms with Crippen LogP contribution in [0.25, 0.3) is 11.3 Å². The first-order valence-electron chi connectivity index (χ1n) is 4.90. The molecule has 0 radical (unpaired) electrons. The van der Waals surface area contributed by atoms with Crippen LogP contribution in [0.1, 0.15) is 11.5 Å². The van der Waals surface area contributed by atoms with Crippen LogP contribution < -0.4 is 0 Å². The summed E-state index contributed by atoms with van der Waals surface area (Å²) in [6.07, 6.45) is 0. The Kier molecular flexibility index (Phi) is 3.19. The molecule has 4 heteroatoms. The number of hydrogen-bond acceptors (Lipinski definition) is 3. The van der Waals surface area contributed by atoms with Gasteiger partial charge in [-0.2, -0.15) is 12.6 Å². The molecular weight excluding hydrogens is 223 g/mol. The molecule has 0 aliphatic heterocycles. The second-order valence-electron chi connectivity index (χ2n) is 3.48. The number of benzene rings is 1. The van der Waals surface area contributed by atoms with E-state index in [0.717, 1.165) is 17.0 Å². The summed E-state index contributed by atoms with van der Waals surface area (Å²) in [5, 5.41) is 0. The lowest BCUT2D eigenvalue weighted by Crippen LogP contribution is -1.96. The van der Waals surface area contributed by atoms with Crippen LogP contribution >= 0.6 is 12.6 Å². The lowest BCUT2D eigenvalue weighted by atomic mass is 10.1. The van der Waals surface area contributed by atoms with Gasteiger partial charge in [0, 0.05) is 11.3 Å². The van der Waals surface area contributed by atoms with Gasteiger partial charge in [-0.05, 0) is 25.1 Å². The molecule has 0 atom stereocenters. The lowest BCUT2D eigenvalue weighted by Gasteiger charge is -2.04. The Morgan fingerprint density at radius 3 is 2.75 bits per heavy atom. The van der Waals surface area contributed by atoms with Crippen LogP contribution in [0.5, 0.6) is 0 Å². The second-order valence-corrected chi connectivity index (χ2v) is 3.80. The van der Waals surface area contributed by atoms with E-state index in [9.17, 15) is 4.39 Å². The average molecular weight is 234 g/mol. The van der Waals surface area contributed by atoms with Crippen molar-refractivity contribution in [1.82, 2.24) is 9.97 Å². The first kappa shape index (κ1) is 11.1. The van der Waals surface area contributed by atoms with Gasteiger partial charge in [-0.15, -0.1) is 0 Å². The number of aromatic nitrogens is 2. The van der Waals surface area contributed by atoms with E-state index >= 15 is 0 Å². The number of halogens is 1. The molecular formula is C12H11FN2S.